The number of hydrogen-bond acceptors (Lipinski definition) is 3. The zero-order valence-electron chi connectivity index (χ0n) is 6.44. The Morgan fingerprint density at radius 3 is 2.00 bits per heavy atom. The fraction of sp³-hybridized carbons (Fsp3) is 0.250. The summed E-state index contributed by atoms with van der Waals surface area (Å²) < 4.78 is 1.25. The highest BCUT2D eigenvalue weighted by Gasteiger charge is 2.00. The molecule has 4 heteroatoms. The topological polar surface area (TPSA) is 3.24 Å². The van der Waals surface area contributed by atoms with Crippen LogP contribution in [0.5, 0.6) is 0 Å². The average molecular weight is 311 g/mol. The third kappa shape index (κ3) is 2.74. The molecule has 0 saturated heterocycles. The quantitative estimate of drug-likeness (QED) is 0.493. The molecule has 0 aliphatic rings. The number of nitrogens with zero attached hydrogens (tertiary/aromatic N) is 1. The molecule has 0 amide bonds. The van der Waals surface area contributed by atoms with Gasteiger partial charge in [-0.3, -0.25) is 0 Å². The van der Waals surface area contributed by atoms with Crippen LogP contribution in [0.2, 0.25) is 0 Å². The van der Waals surface area contributed by atoms with Crippen molar-refractivity contribution in [3.63, 3.8) is 0 Å². The molecule has 0 radical (unpaired) electrons. The Kier molecular flexibility index (Phi) is 4.60. The van der Waals surface area contributed by atoms with Gasteiger partial charge in [-0.15, -0.1) is 0 Å². The fourth-order valence-electron chi connectivity index (χ4n) is 0.860. The summed E-state index contributed by atoms with van der Waals surface area (Å²) in [6.07, 6.45) is 0. The minimum Gasteiger partial charge on any atom is -0.354 e. The molecule has 0 aliphatic heterocycles. The molecule has 0 spiro atoms. The van der Waals surface area contributed by atoms with Crippen molar-refractivity contribution in [1.82, 2.24) is 0 Å². The third-order valence-electron chi connectivity index (χ3n) is 1.53. The first-order valence-electron chi connectivity index (χ1n) is 3.50. The molecule has 0 saturated carbocycles. The molecule has 1 nitrogen and oxygen atoms in total. The first-order chi connectivity index (χ1) is 5.77. The number of thiol groups is 2. The van der Waals surface area contributed by atoms with Gasteiger partial charge in [0.2, 0.25) is 0 Å². The summed E-state index contributed by atoms with van der Waals surface area (Å²) in [5, 5.41) is 0. The molecule has 12 heavy (non-hydrogen) atoms. The van der Waals surface area contributed by atoms with E-state index in [1.54, 1.807) is 0 Å². The van der Waals surface area contributed by atoms with E-state index in [1.807, 2.05) is 0 Å². The van der Waals surface area contributed by atoms with Gasteiger partial charge in [-0.05, 0) is 46.9 Å². The second kappa shape index (κ2) is 5.24. The highest BCUT2D eigenvalue weighted by atomic mass is 127. The lowest BCUT2D eigenvalue weighted by molar-refractivity contribution is 1.07. The molecule has 0 aromatic heterocycles. The van der Waals surface area contributed by atoms with Crippen molar-refractivity contribution in [3.8, 4) is 0 Å². The average Bonchev–Trinajstić information content (AvgIpc) is 2.10. The predicted molar refractivity (Wildman–Crippen MR) is 69.3 cm³/mol. The molecule has 0 N–H and O–H groups in total. The smallest absolute Gasteiger partial charge is 0.0618 e. The maximum atomic E-state index is 4.21. The van der Waals surface area contributed by atoms with Crippen LogP contribution in [0.25, 0.3) is 0 Å². The second-order valence-electron chi connectivity index (χ2n) is 2.30. The first-order valence-corrected chi connectivity index (χ1v) is 5.84. The van der Waals surface area contributed by atoms with Crippen LogP contribution in [0.4, 0.5) is 5.69 Å². The SMILES string of the molecule is SCN(CS)c1ccc(I)cc1. The van der Waals surface area contributed by atoms with Crippen LogP contribution >= 0.6 is 47.8 Å². The van der Waals surface area contributed by atoms with Gasteiger partial charge in [0.15, 0.2) is 0 Å². The van der Waals surface area contributed by atoms with E-state index in [1.165, 1.54) is 9.26 Å². The molecule has 0 heterocycles. The summed E-state index contributed by atoms with van der Waals surface area (Å²) in [4.78, 5) is 2.07. The molecule has 0 fully saturated rings. The Bertz CT molecular complexity index is 233. The maximum absolute atomic E-state index is 4.21. The lowest BCUT2D eigenvalue weighted by Gasteiger charge is -2.19. The van der Waals surface area contributed by atoms with Crippen molar-refractivity contribution < 1.29 is 0 Å². The minimum absolute atomic E-state index is 0.699. The van der Waals surface area contributed by atoms with Crippen molar-refractivity contribution in [3.05, 3.63) is 27.8 Å². The van der Waals surface area contributed by atoms with Gasteiger partial charge in [0.1, 0.15) is 0 Å². The standard InChI is InChI=1S/C8H10INS2/c9-7-1-3-8(4-2-7)10(5-11)6-12/h1-4,11-12H,5-6H2. The Morgan fingerprint density at radius 2 is 1.58 bits per heavy atom. The summed E-state index contributed by atoms with van der Waals surface area (Å²) in [6.45, 7) is 0. The molecule has 1 aromatic carbocycles. The van der Waals surface area contributed by atoms with Crippen LogP contribution in [-0.2, 0) is 0 Å². The van der Waals surface area contributed by atoms with Crippen molar-refractivity contribution in [2.24, 2.45) is 0 Å². The molecule has 1 aromatic rings. The first kappa shape index (κ1) is 10.5. The van der Waals surface area contributed by atoms with Crippen LogP contribution < -0.4 is 4.90 Å². The Hall–Kier alpha value is 0.450. The Labute approximate surface area is 97.5 Å². The summed E-state index contributed by atoms with van der Waals surface area (Å²) in [5.74, 6) is 1.40. The zero-order chi connectivity index (χ0) is 8.97. The molecule has 66 valence electrons. The van der Waals surface area contributed by atoms with Crippen molar-refractivity contribution >= 4 is 53.5 Å². The Morgan fingerprint density at radius 1 is 1.08 bits per heavy atom. The van der Waals surface area contributed by atoms with Gasteiger partial charge in [0.05, 0.1) is 11.8 Å². The maximum Gasteiger partial charge on any atom is 0.0618 e. The minimum atomic E-state index is 0.699. The van der Waals surface area contributed by atoms with Gasteiger partial charge < -0.3 is 4.90 Å². The van der Waals surface area contributed by atoms with Crippen molar-refractivity contribution in [2.75, 3.05) is 16.7 Å². The van der Waals surface area contributed by atoms with E-state index < -0.39 is 0 Å². The summed E-state index contributed by atoms with van der Waals surface area (Å²) in [6, 6.07) is 8.31. The molecule has 0 aliphatic carbocycles. The van der Waals surface area contributed by atoms with E-state index in [0.717, 1.165) is 0 Å². The summed E-state index contributed by atoms with van der Waals surface area (Å²) in [5.41, 5.74) is 1.17. The van der Waals surface area contributed by atoms with Crippen LogP contribution in [0.1, 0.15) is 0 Å². The van der Waals surface area contributed by atoms with E-state index in [9.17, 15) is 0 Å². The fourth-order valence-corrected chi connectivity index (χ4v) is 1.90. The van der Waals surface area contributed by atoms with E-state index >= 15 is 0 Å². The van der Waals surface area contributed by atoms with Crippen LogP contribution in [0, 0.1) is 3.57 Å². The van der Waals surface area contributed by atoms with E-state index in [2.05, 4.69) is 77.0 Å². The van der Waals surface area contributed by atoms with Crippen molar-refractivity contribution in [2.45, 2.75) is 0 Å². The van der Waals surface area contributed by atoms with Crippen LogP contribution in [0.3, 0.4) is 0 Å². The molecular weight excluding hydrogens is 301 g/mol. The number of halogens is 1. The zero-order valence-corrected chi connectivity index (χ0v) is 10.4. The van der Waals surface area contributed by atoms with Gasteiger partial charge >= 0.3 is 0 Å². The molecule has 0 unspecified atom stereocenters. The molecular formula is C8H10INS2. The number of hydrogen-bond donors (Lipinski definition) is 2. The Balaban J connectivity index is 2.80. The lowest BCUT2D eigenvalue weighted by Crippen LogP contribution is -2.18. The van der Waals surface area contributed by atoms with Crippen LogP contribution in [0.15, 0.2) is 24.3 Å². The number of anilines is 1. The van der Waals surface area contributed by atoms with E-state index in [4.69, 9.17) is 0 Å². The normalized spacial score (nSPS) is 9.92. The number of rotatable bonds is 3. The van der Waals surface area contributed by atoms with Gasteiger partial charge in [-0.25, -0.2) is 0 Å². The highest BCUT2D eigenvalue weighted by molar-refractivity contribution is 14.1. The lowest BCUT2D eigenvalue weighted by atomic mass is 10.3. The predicted octanol–water partition coefficient (Wildman–Crippen LogP) is 2.87. The van der Waals surface area contributed by atoms with E-state index in [-0.39, 0.29) is 0 Å². The molecule has 0 bridgehead atoms. The molecule has 0 atom stereocenters. The third-order valence-corrected chi connectivity index (χ3v) is 2.94. The van der Waals surface area contributed by atoms with Gasteiger partial charge in [0.25, 0.3) is 0 Å². The monoisotopic (exact) mass is 311 g/mol. The van der Waals surface area contributed by atoms with Crippen LogP contribution in [-0.4, -0.2) is 11.8 Å². The van der Waals surface area contributed by atoms with Gasteiger partial charge in [-0.2, -0.15) is 25.3 Å². The largest absolute Gasteiger partial charge is 0.354 e. The van der Waals surface area contributed by atoms with Gasteiger partial charge in [0, 0.05) is 9.26 Å². The highest BCUT2D eigenvalue weighted by Crippen LogP contribution is 2.16. The van der Waals surface area contributed by atoms with Crippen molar-refractivity contribution in [1.29, 1.82) is 0 Å². The summed E-state index contributed by atoms with van der Waals surface area (Å²) >= 11 is 10.7. The number of benzene rings is 1. The van der Waals surface area contributed by atoms with Gasteiger partial charge in [-0.1, -0.05) is 0 Å². The van der Waals surface area contributed by atoms with E-state index in [0.29, 0.717) is 11.8 Å². The summed E-state index contributed by atoms with van der Waals surface area (Å²) in [7, 11) is 0. The molecule has 1 rings (SSSR count). The second-order valence-corrected chi connectivity index (χ2v) is 4.11.